The molecule has 0 bridgehead atoms. The van der Waals surface area contributed by atoms with Gasteiger partial charge in [-0.25, -0.2) is 4.79 Å². The maximum absolute atomic E-state index is 11.9. The molecule has 5 heteroatoms. The van der Waals surface area contributed by atoms with Gasteiger partial charge in [0.15, 0.2) is 6.10 Å². The summed E-state index contributed by atoms with van der Waals surface area (Å²) in [6.45, 7) is 6.12. The molecule has 0 radical (unpaired) electrons. The van der Waals surface area contributed by atoms with Crippen LogP contribution in [0.2, 0.25) is 0 Å². The van der Waals surface area contributed by atoms with E-state index in [4.69, 9.17) is 10.5 Å². The van der Waals surface area contributed by atoms with Crippen LogP contribution in [-0.2, 0) is 9.53 Å². The molecule has 1 aromatic rings. The van der Waals surface area contributed by atoms with E-state index >= 15 is 0 Å². The second-order valence-electron chi connectivity index (χ2n) is 5.12. The first-order chi connectivity index (χ1) is 9.95. The molecule has 116 valence electrons. The Labute approximate surface area is 125 Å². The van der Waals surface area contributed by atoms with Crippen LogP contribution in [0.3, 0.4) is 0 Å². The molecule has 0 spiro atoms. The van der Waals surface area contributed by atoms with Gasteiger partial charge in [0.2, 0.25) is 0 Å². The second-order valence-corrected chi connectivity index (χ2v) is 5.12. The summed E-state index contributed by atoms with van der Waals surface area (Å²) in [5.74, 6) is -0.822. The highest BCUT2D eigenvalue weighted by atomic mass is 16.5. The molecule has 0 heterocycles. The lowest BCUT2D eigenvalue weighted by Gasteiger charge is -2.14. The molecule has 0 saturated carbocycles. The Morgan fingerprint density at radius 1 is 1.33 bits per heavy atom. The number of anilines is 1. The van der Waals surface area contributed by atoms with E-state index in [1.807, 2.05) is 6.92 Å². The third-order valence-electron chi connectivity index (χ3n) is 3.25. The summed E-state index contributed by atoms with van der Waals surface area (Å²) in [7, 11) is 0. The first-order valence-electron chi connectivity index (χ1n) is 7.30. The smallest absolute Gasteiger partial charge is 0.338 e. The number of hydrogen-bond donors (Lipinski definition) is 2. The molecule has 0 aromatic heterocycles. The molecule has 1 amide bonds. The first kappa shape index (κ1) is 17.0. The van der Waals surface area contributed by atoms with Gasteiger partial charge >= 0.3 is 5.97 Å². The minimum Gasteiger partial charge on any atom is -0.449 e. The Kier molecular flexibility index (Phi) is 6.72. The lowest BCUT2D eigenvalue weighted by molar-refractivity contribution is -0.129. The van der Waals surface area contributed by atoms with E-state index in [-0.39, 0.29) is 5.91 Å². The molecule has 0 saturated heterocycles. The van der Waals surface area contributed by atoms with E-state index in [2.05, 4.69) is 12.2 Å². The third-order valence-corrected chi connectivity index (χ3v) is 3.25. The number of hydrogen-bond acceptors (Lipinski definition) is 4. The van der Waals surface area contributed by atoms with Crippen LogP contribution in [-0.4, -0.2) is 24.5 Å². The zero-order valence-corrected chi connectivity index (χ0v) is 12.9. The number of amides is 1. The minimum absolute atomic E-state index is 0.278. The summed E-state index contributed by atoms with van der Waals surface area (Å²) < 4.78 is 5.14. The minimum atomic E-state index is -0.818. The van der Waals surface area contributed by atoms with Crippen molar-refractivity contribution in [2.75, 3.05) is 12.3 Å². The molecular formula is C16H24N2O3. The molecule has 1 aromatic carbocycles. The van der Waals surface area contributed by atoms with Gasteiger partial charge in [0.1, 0.15) is 0 Å². The Bertz CT molecular complexity index is 500. The lowest BCUT2D eigenvalue weighted by atomic mass is 10.1. The molecular weight excluding hydrogens is 268 g/mol. The number of benzene rings is 1. The topological polar surface area (TPSA) is 81.4 Å². The van der Waals surface area contributed by atoms with Gasteiger partial charge in [-0.15, -0.1) is 0 Å². The molecule has 1 rings (SSSR count). The number of esters is 1. The average molecular weight is 292 g/mol. The van der Waals surface area contributed by atoms with E-state index in [9.17, 15) is 9.59 Å². The average Bonchev–Trinajstić information content (AvgIpc) is 2.46. The van der Waals surface area contributed by atoms with Crippen molar-refractivity contribution in [1.82, 2.24) is 5.32 Å². The maximum atomic E-state index is 11.9. The van der Waals surface area contributed by atoms with Crippen LogP contribution >= 0.6 is 0 Å². The van der Waals surface area contributed by atoms with Gasteiger partial charge in [-0.1, -0.05) is 25.8 Å². The molecule has 0 aliphatic heterocycles. The van der Waals surface area contributed by atoms with Crippen LogP contribution < -0.4 is 11.1 Å². The summed E-state index contributed by atoms with van der Waals surface area (Å²) in [4.78, 5) is 23.7. The van der Waals surface area contributed by atoms with Crippen molar-refractivity contribution in [3.8, 4) is 0 Å². The molecule has 21 heavy (non-hydrogen) atoms. The highest BCUT2D eigenvalue weighted by Crippen LogP contribution is 2.14. The highest BCUT2D eigenvalue weighted by Gasteiger charge is 2.18. The Balaban J connectivity index is 2.49. The van der Waals surface area contributed by atoms with Gasteiger partial charge in [-0.2, -0.15) is 0 Å². The van der Waals surface area contributed by atoms with Crippen molar-refractivity contribution in [3.05, 3.63) is 29.3 Å². The van der Waals surface area contributed by atoms with Crippen LogP contribution in [0.1, 0.15) is 49.0 Å². The fourth-order valence-corrected chi connectivity index (χ4v) is 1.78. The SMILES string of the molecule is CCCCCNC(=O)C(C)OC(=O)c1ccc(C)c(N)c1. The highest BCUT2D eigenvalue weighted by molar-refractivity contribution is 5.93. The lowest BCUT2D eigenvalue weighted by Crippen LogP contribution is -2.36. The van der Waals surface area contributed by atoms with Gasteiger partial charge in [0.25, 0.3) is 5.91 Å². The molecule has 0 aliphatic carbocycles. The van der Waals surface area contributed by atoms with E-state index < -0.39 is 12.1 Å². The maximum Gasteiger partial charge on any atom is 0.338 e. The van der Waals surface area contributed by atoms with Crippen LogP contribution in [0.4, 0.5) is 5.69 Å². The van der Waals surface area contributed by atoms with Crippen molar-refractivity contribution in [2.24, 2.45) is 0 Å². The zero-order chi connectivity index (χ0) is 15.8. The Morgan fingerprint density at radius 2 is 2.05 bits per heavy atom. The number of aryl methyl sites for hydroxylation is 1. The summed E-state index contributed by atoms with van der Waals surface area (Å²) >= 11 is 0. The van der Waals surface area contributed by atoms with Gasteiger partial charge in [-0.05, 0) is 38.0 Å². The van der Waals surface area contributed by atoms with E-state index in [1.165, 1.54) is 0 Å². The molecule has 1 unspecified atom stereocenters. The fraction of sp³-hybridized carbons (Fsp3) is 0.500. The van der Waals surface area contributed by atoms with Gasteiger partial charge < -0.3 is 15.8 Å². The number of carbonyl (C=O) groups excluding carboxylic acids is 2. The van der Waals surface area contributed by atoms with E-state index in [0.29, 0.717) is 17.8 Å². The fourth-order valence-electron chi connectivity index (χ4n) is 1.78. The number of ether oxygens (including phenoxy) is 1. The van der Waals surface area contributed by atoms with E-state index in [0.717, 1.165) is 24.8 Å². The van der Waals surface area contributed by atoms with E-state index in [1.54, 1.807) is 25.1 Å². The molecule has 0 fully saturated rings. The predicted octanol–water partition coefficient (Wildman–Crippen LogP) is 2.43. The molecule has 0 aliphatic rings. The summed E-state index contributed by atoms with van der Waals surface area (Å²) in [5, 5.41) is 2.75. The largest absolute Gasteiger partial charge is 0.449 e. The quantitative estimate of drug-likeness (QED) is 0.459. The van der Waals surface area contributed by atoms with Crippen LogP contribution in [0.15, 0.2) is 18.2 Å². The van der Waals surface area contributed by atoms with Gasteiger partial charge in [0.05, 0.1) is 5.56 Å². The van der Waals surface area contributed by atoms with Crippen molar-refractivity contribution < 1.29 is 14.3 Å². The normalized spacial score (nSPS) is 11.8. The zero-order valence-electron chi connectivity index (χ0n) is 12.9. The Morgan fingerprint density at radius 3 is 2.67 bits per heavy atom. The van der Waals surface area contributed by atoms with Crippen LogP contribution in [0.5, 0.6) is 0 Å². The number of nitrogen functional groups attached to an aromatic ring is 1. The second kappa shape index (κ2) is 8.29. The Hall–Kier alpha value is -2.04. The first-order valence-corrected chi connectivity index (χ1v) is 7.30. The number of carbonyl (C=O) groups is 2. The molecule has 3 N–H and O–H groups in total. The number of rotatable bonds is 7. The summed E-state index contributed by atoms with van der Waals surface area (Å²) in [5.41, 5.74) is 7.53. The van der Waals surface area contributed by atoms with Gasteiger partial charge in [-0.3, -0.25) is 4.79 Å². The number of nitrogens with two attached hydrogens (primary N) is 1. The van der Waals surface area contributed by atoms with Crippen molar-refractivity contribution in [2.45, 2.75) is 46.1 Å². The van der Waals surface area contributed by atoms with Crippen molar-refractivity contribution in [3.63, 3.8) is 0 Å². The number of nitrogens with one attached hydrogen (secondary N) is 1. The monoisotopic (exact) mass is 292 g/mol. The summed E-state index contributed by atoms with van der Waals surface area (Å²) in [6.07, 6.45) is 2.27. The summed E-state index contributed by atoms with van der Waals surface area (Å²) in [6, 6.07) is 4.95. The van der Waals surface area contributed by atoms with Crippen molar-refractivity contribution in [1.29, 1.82) is 0 Å². The van der Waals surface area contributed by atoms with Crippen molar-refractivity contribution >= 4 is 17.6 Å². The third kappa shape index (κ3) is 5.45. The number of unbranched alkanes of at least 4 members (excludes halogenated alkanes) is 2. The van der Waals surface area contributed by atoms with Crippen LogP contribution in [0.25, 0.3) is 0 Å². The van der Waals surface area contributed by atoms with Crippen LogP contribution in [0, 0.1) is 6.92 Å². The molecule has 1 atom stereocenters. The van der Waals surface area contributed by atoms with Gasteiger partial charge in [0, 0.05) is 12.2 Å². The standard InChI is InChI=1S/C16H24N2O3/c1-4-5-6-9-18-15(19)12(3)21-16(20)13-8-7-11(2)14(17)10-13/h7-8,10,12H,4-6,9,17H2,1-3H3,(H,18,19). The molecule has 5 nitrogen and oxygen atoms in total. The predicted molar refractivity (Wildman–Crippen MR) is 83.0 cm³/mol.